The van der Waals surface area contributed by atoms with Gasteiger partial charge in [0, 0.05) is 29.0 Å². The fraction of sp³-hybridized carbons (Fsp3) is 0.188. The lowest BCUT2D eigenvalue weighted by atomic mass is 9.98. The van der Waals surface area contributed by atoms with Gasteiger partial charge in [-0.2, -0.15) is 0 Å². The zero-order chi connectivity index (χ0) is 25.9. The van der Waals surface area contributed by atoms with Gasteiger partial charge in [-0.05, 0) is 73.4 Å². The van der Waals surface area contributed by atoms with Crippen molar-refractivity contribution in [3.05, 3.63) is 126 Å². The number of hydrogen-bond donors (Lipinski definition) is 1. The van der Waals surface area contributed by atoms with Crippen molar-refractivity contribution in [3.63, 3.8) is 0 Å². The smallest absolute Gasteiger partial charge is 0.258 e. The number of allylic oxidation sites excluding steroid dienone is 5. The number of rotatable bonds is 10. The van der Waals surface area contributed by atoms with Crippen LogP contribution >= 0.6 is 0 Å². The molecule has 36 heavy (non-hydrogen) atoms. The summed E-state index contributed by atoms with van der Waals surface area (Å²) in [5.41, 5.74) is 5.41. The molecule has 4 nitrogen and oxygen atoms in total. The van der Waals surface area contributed by atoms with E-state index in [1.807, 2.05) is 79.4 Å². The van der Waals surface area contributed by atoms with Crippen molar-refractivity contribution in [1.82, 2.24) is 0 Å². The van der Waals surface area contributed by atoms with Gasteiger partial charge in [0.05, 0.1) is 0 Å². The van der Waals surface area contributed by atoms with Gasteiger partial charge in [0.1, 0.15) is 0 Å². The van der Waals surface area contributed by atoms with E-state index in [4.69, 9.17) is 0 Å². The minimum atomic E-state index is -0.220. The second-order valence-electron chi connectivity index (χ2n) is 8.53. The average Bonchev–Trinajstić information content (AvgIpc) is 2.90. The van der Waals surface area contributed by atoms with Crippen molar-refractivity contribution < 1.29 is 9.59 Å². The normalized spacial score (nSPS) is 11.4. The molecule has 3 rings (SSSR count). The number of aryl methyl sites for hydroxylation is 1. The van der Waals surface area contributed by atoms with Crippen LogP contribution in [0.25, 0.3) is 5.57 Å². The van der Waals surface area contributed by atoms with Crippen molar-refractivity contribution in [3.8, 4) is 0 Å². The monoisotopic (exact) mass is 478 g/mol. The first-order valence-corrected chi connectivity index (χ1v) is 12.3. The van der Waals surface area contributed by atoms with Crippen LogP contribution in [0, 0.1) is 6.92 Å². The molecule has 0 aromatic heterocycles. The van der Waals surface area contributed by atoms with E-state index in [0.29, 0.717) is 23.4 Å². The second kappa shape index (κ2) is 13.1. The Bertz CT molecular complexity index is 1270. The molecule has 0 radical (unpaired) electrons. The van der Waals surface area contributed by atoms with E-state index in [9.17, 15) is 9.59 Å². The summed E-state index contributed by atoms with van der Waals surface area (Å²) in [5.74, 6) is -0.270. The molecule has 3 aromatic rings. The van der Waals surface area contributed by atoms with Crippen LogP contribution in [0.15, 0.2) is 104 Å². The number of para-hydroxylation sites is 1. The number of unbranched alkanes of at least 4 members (excludes halogenated alkanes) is 1. The molecule has 0 unspecified atom stereocenters. The number of nitrogens with zero attached hydrogens (tertiary/aromatic N) is 1. The lowest BCUT2D eigenvalue weighted by Gasteiger charge is -2.24. The van der Waals surface area contributed by atoms with Crippen LogP contribution in [0.5, 0.6) is 0 Å². The number of nitrogens with one attached hydrogen (secondary N) is 1. The van der Waals surface area contributed by atoms with Gasteiger partial charge in [0.25, 0.3) is 11.8 Å². The molecular weight excluding hydrogens is 444 g/mol. The van der Waals surface area contributed by atoms with Crippen LogP contribution in [0.3, 0.4) is 0 Å². The zero-order valence-corrected chi connectivity index (χ0v) is 21.3. The maximum atomic E-state index is 13.4. The molecular formula is C32H34N2O2. The number of benzene rings is 3. The Kier molecular flexibility index (Phi) is 9.58. The molecule has 0 heterocycles. The van der Waals surface area contributed by atoms with E-state index in [0.717, 1.165) is 35.2 Å². The summed E-state index contributed by atoms with van der Waals surface area (Å²) in [4.78, 5) is 28.4. The Morgan fingerprint density at radius 3 is 2.25 bits per heavy atom. The van der Waals surface area contributed by atoms with Gasteiger partial charge >= 0.3 is 0 Å². The fourth-order valence-corrected chi connectivity index (χ4v) is 3.96. The highest BCUT2D eigenvalue weighted by atomic mass is 16.2. The number of carbonyl (C=O) groups is 2. The standard InChI is InChI=1S/C32H34N2O2/c1-5-8-15-25(7-3)28-16-11-12-17-29(28)31(35)33-27-21-19-26(20-22-27)32(36)34(23-9-6-2)30-18-13-10-14-24(30)4/h5,7-8,10-22H,3,6,9,23H2,1-2,4H3,(H,33,35)/b8-5-,25-15+. The van der Waals surface area contributed by atoms with E-state index < -0.39 is 0 Å². The minimum Gasteiger partial charge on any atom is -0.322 e. The van der Waals surface area contributed by atoms with Crippen molar-refractivity contribution in [2.45, 2.75) is 33.6 Å². The van der Waals surface area contributed by atoms with Crippen molar-refractivity contribution >= 4 is 28.8 Å². The molecule has 2 amide bonds. The first-order chi connectivity index (χ1) is 17.5. The summed E-state index contributed by atoms with van der Waals surface area (Å²) in [5, 5.41) is 2.96. The Balaban J connectivity index is 1.82. The van der Waals surface area contributed by atoms with Crippen LogP contribution in [-0.4, -0.2) is 18.4 Å². The van der Waals surface area contributed by atoms with E-state index in [-0.39, 0.29) is 11.8 Å². The van der Waals surface area contributed by atoms with Gasteiger partial charge in [0.15, 0.2) is 0 Å². The highest BCUT2D eigenvalue weighted by molar-refractivity contribution is 6.09. The number of amides is 2. The van der Waals surface area contributed by atoms with Gasteiger partial charge in [-0.3, -0.25) is 9.59 Å². The van der Waals surface area contributed by atoms with Crippen LogP contribution in [0.2, 0.25) is 0 Å². The van der Waals surface area contributed by atoms with Crippen LogP contribution < -0.4 is 10.2 Å². The Labute approximate surface area is 214 Å². The van der Waals surface area contributed by atoms with Crippen molar-refractivity contribution in [2.75, 3.05) is 16.8 Å². The Morgan fingerprint density at radius 1 is 0.944 bits per heavy atom. The average molecular weight is 479 g/mol. The third kappa shape index (κ3) is 6.48. The summed E-state index contributed by atoms with van der Waals surface area (Å²) in [6.45, 7) is 10.6. The summed E-state index contributed by atoms with van der Waals surface area (Å²) in [7, 11) is 0. The topological polar surface area (TPSA) is 49.4 Å². The lowest BCUT2D eigenvalue weighted by molar-refractivity contribution is 0.0985. The molecule has 4 heteroatoms. The first kappa shape index (κ1) is 26.4. The predicted octanol–water partition coefficient (Wildman–Crippen LogP) is 7.84. The second-order valence-corrected chi connectivity index (χ2v) is 8.53. The highest BCUT2D eigenvalue weighted by Gasteiger charge is 2.19. The highest BCUT2D eigenvalue weighted by Crippen LogP contribution is 2.24. The summed E-state index contributed by atoms with van der Waals surface area (Å²) in [6.07, 6.45) is 9.44. The van der Waals surface area contributed by atoms with Crippen molar-refractivity contribution in [1.29, 1.82) is 0 Å². The van der Waals surface area contributed by atoms with Gasteiger partial charge < -0.3 is 10.2 Å². The Hall–Kier alpha value is -4.18. The van der Waals surface area contributed by atoms with Crippen LogP contribution in [-0.2, 0) is 0 Å². The molecule has 0 fully saturated rings. The molecule has 0 aliphatic heterocycles. The van der Waals surface area contributed by atoms with Gasteiger partial charge in [0.2, 0.25) is 0 Å². The Morgan fingerprint density at radius 2 is 1.61 bits per heavy atom. The number of anilines is 2. The maximum absolute atomic E-state index is 13.4. The summed E-state index contributed by atoms with van der Waals surface area (Å²) in [6, 6.07) is 22.5. The molecule has 3 aromatic carbocycles. The van der Waals surface area contributed by atoms with Gasteiger partial charge in [-0.25, -0.2) is 0 Å². The molecule has 0 spiro atoms. The summed E-state index contributed by atoms with van der Waals surface area (Å²) < 4.78 is 0. The third-order valence-corrected chi connectivity index (χ3v) is 5.95. The van der Waals surface area contributed by atoms with Crippen molar-refractivity contribution in [2.24, 2.45) is 0 Å². The maximum Gasteiger partial charge on any atom is 0.258 e. The predicted molar refractivity (Wildman–Crippen MR) is 152 cm³/mol. The van der Waals surface area contributed by atoms with E-state index in [2.05, 4.69) is 18.8 Å². The molecule has 0 atom stereocenters. The van der Waals surface area contributed by atoms with E-state index in [1.54, 1.807) is 36.4 Å². The molecule has 184 valence electrons. The minimum absolute atomic E-state index is 0.0503. The SMILES string of the molecule is C=C/C(=C\C=C/C)c1ccccc1C(=O)Nc1ccc(C(=O)N(CCCC)c2ccccc2C)cc1. The molecule has 0 aliphatic carbocycles. The summed E-state index contributed by atoms with van der Waals surface area (Å²) >= 11 is 0. The molecule has 1 N–H and O–H groups in total. The number of carbonyl (C=O) groups excluding carboxylic acids is 2. The van der Waals surface area contributed by atoms with Gasteiger partial charge in [-0.15, -0.1) is 0 Å². The molecule has 0 saturated heterocycles. The number of hydrogen-bond acceptors (Lipinski definition) is 2. The zero-order valence-electron chi connectivity index (χ0n) is 21.3. The van der Waals surface area contributed by atoms with E-state index in [1.165, 1.54) is 0 Å². The lowest BCUT2D eigenvalue weighted by Crippen LogP contribution is -2.32. The fourth-order valence-electron chi connectivity index (χ4n) is 3.96. The van der Waals surface area contributed by atoms with Crippen LogP contribution in [0.4, 0.5) is 11.4 Å². The largest absolute Gasteiger partial charge is 0.322 e. The van der Waals surface area contributed by atoms with Gasteiger partial charge in [-0.1, -0.05) is 80.6 Å². The molecule has 0 aliphatic rings. The van der Waals surface area contributed by atoms with E-state index >= 15 is 0 Å². The third-order valence-electron chi connectivity index (χ3n) is 5.95. The molecule has 0 bridgehead atoms. The quantitative estimate of drug-likeness (QED) is 0.302. The first-order valence-electron chi connectivity index (χ1n) is 12.3. The van der Waals surface area contributed by atoms with Crippen LogP contribution in [0.1, 0.15) is 58.5 Å². The molecule has 0 saturated carbocycles.